The normalized spacial score (nSPS) is 26.5. The molecule has 0 saturated carbocycles. The number of benzene rings is 2. The van der Waals surface area contributed by atoms with Gasteiger partial charge in [0.1, 0.15) is 17.1 Å². The lowest BCUT2D eigenvalue weighted by molar-refractivity contribution is -0.165. The molecule has 5 heterocycles. The van der Waals surface area contributed by atoms with Crippen molar-refractivity contribution in [3.63, 3.8) is 0 Å². The molecule has 2 spiro atoms. The summed E-state index contributed by atoms with van der Waals surface area (Å²) >= 11 is -3.18. The molecule has 4 aliphatic rings. The molecule has 0 unspecified atom stereocenters. The molecule has 4 fully saturated rings. The Hall–Kier alpha value is -3.14. The van der Waals surface area contributed by atoms with Crippen LogP contribution in [-0.4, -0.2) is 117 Å². The number of furan rings is 1. The van der Waals surface area contributed by atoms with Crippen LogP contribution in [0.4, 0.5) is 9.21 Å². The maximum absolute atomic E-state index is 15.4. The fraction of sp³-hybridized carbons (Fsp3) is 0.448. The van der Waals surface area contributed by atoms with E-state index in [1.54, 1.807) is 9.80 Å². The molecule has 0 radical (unpaired) electrons. The molecule has 7 rings (SSSR count). The van der Waals surface area contributed by atoms with Gasteiger partial charge < -0.3 is 32.0 Å². The van der Waals surface area contributed by atoms with Gasteiger partial charge in [0.05, 0.1) is 19.7 Å². The maximum atomic E-state index is 15.4. The van der Waals surface area contributed by atoms with E-state index >= 15 is 3.52 Å². The van der Waals surface area contributed by atoms with E-state index in [-0.39, 0.29) is 13.1 Å². The number of carbonyl (C=O) groups is 2. The maximum Gasteiger partial charge on any atom is 0.672 e. The molecule has 10 nitrogen and oxygen atoms in total. The monoisotopic (exact) mass is 578 g/mol. The Morgan fingerprint density at radius 1 is 0.927 bits per heavy atom. The van der Waals surface area contributed by atoms with Gasteiger partial charge in [-0.2, -0.15) is 0 Å². The minimum absolute atomic E-state index is 0.0249. The third kappa shape index (κ3) is 4.32. The SMILES string of the molecule is CN(C)c1ccc(-c2cc3cc(OCCCN4CCN5CC(=O)O[C@@]56[Al]([F])[C@]65OC(=O)CN5CC4)ccc3o2)cc1. The quantitative estimate of drug-likeness (QED) is 0.237. The highest BCUT2D eigenvalue weighted by molar-refractivity contribution is 6.72. The summed E-state index contributed by atoms with van der Waals surface area (Å²) in [5, 5.41) is 0.982. The van der Waals surface area contributed by atoms with E-state index < -0.39 is 35.7 Å². The van der Waals surface area contributed by atoms with Crippen LogP contribution in [0.2, 0.25) is 0 Å². The average Bonchev–Trinajstić information content (AvgIpc) is 3.42. The van der Waals surface area contributed by atoms with Gasteiger partial charge in [0.2, 0.25) is 0 Å². The number of halogens is 1. The average molecular weight is 579 g/mol. The topological polar surface area (TPSA) is 87.9 Å². The molecule has 2 aromatic carbocycles. The zero-order valence-corrected chi connectivity index (χ0v) is 24.3. The van der Waals surface area contributed by atoms with Gasteiger partial charge >= 0.3 is 26.5 Å². The molecule has 0 N–H and O–H groups in total. The third-order valence-corrected chi connectivity index (χ3v) is 11.5. The second-order valence-electron chi connectivity index (χ2n) is 11.3. The number of nitrogens with zero attached hydrogens (tertiary/aromatic N) is 4. The van der Waals surface area contributed by atoms with Gasteiger partial charge in [0.15, 0.2) is 9.17 Å². The molecule has 0 aliphatic carbocycles. The minimum atomic E-state index is -3.18. The summed E-state index contributed by atoms with van der Waals surface area (Å²) in [6.07, 6.45) is 0.786. The Morgan fingerprint density at radius 3 is 2.22 bits per heavy atom. The van der Waals surface area contributed by atoms with Crippen molar-refractivity contribution in [2.45, 2.75) is 15.6 Å². The van der Waals surface area contributed by atoms with E-state index in [2.05, 4.69) is 34.1 Å². The first-order valence-electron chi connectivity index (χ1n) is 14.0. The first-order chi connectivity index (χ1) is 19.8. The Labute approximate surface area is 242 Å². The minimum Gasteiger partial charge on any atom is -0.494 e. The highest BCUT2D eigenvalue weighted by Gasteiger charge is 2.99. The largest absolute Gasteiger partial charge is 0.672 e. The molecule has 0 amide bonds. The molecule has 214 valence electrons. The lowest BCUT2D eigenvalue weighted by Gasteiger charge is -2.29. The van der Waals surface area contributed by atoms with Gasteiger partial charge in [-0.3, -0.25) is 19.4 Å². The summed E-state index contributed by atoms with van der Waals surface area (Å²) < 4.78 is 35.9. The standard InChI is InChI=1S/C29H32N4O6.Al.FH/c1-30(2)22-6-4-20(5-7-22)25-17-21-16-23(8-9-24(21)37-25)36-15-3-10-31-11-13-32-18-26(34)38-28(32)29-33(14-12-31)19-27(35)39-29;;/h4-9,16-17H,3,10-15,18-19H2,1-2H3;;1H/q;+1;/p-1. The van der Waals surface area contributed by atoms with Crippen molar-refractivity contribution < 1.29 is 31.7 Å². The molecule has 3 aromatic rings. The van der Waals surface area contributed by atoms with Gasteiger partial charge in [-0.25, -0.2) is 0 Å². The highest BCUT2D eigenvalue weighted by Crippen LogP contribution is 2.60. The number of hydrogen-bond acceptors (Lipinski definition) is 10. The number of ether oxygens (including phenoxy) is 3. The van der Waals surface area contributed by atoms with Gasteiger partial charge in [0, 0.05) is 63.5 Å². The summed E-state index contributed by atoms with van der Waals surface area (Å²) in [4.78, 5) is 32.2. The van der Waals surface area contributed by atoms with Crippen LogP contribution in [0.25, 0.3) is 22.3 Å². The van der Waals surface area contributed by atoms with Crippen LogP contribution in [0.5, 0.6) is 5.75 Å². The molecule has 41 heavy (non-hydrogen) atoms. The van der Waals surface area contributed by atoms with Crippen LogP contribution < -0.4 is 9.64 Å². The van der Waals surface area contributed by atoms with Crippen LogP contribution in [-0.2, 0) is 19.1 Å². The summed E-state index contributed by atoms with van der Waals surface area (Å²) in [6, 6.07) is 16.1. The van der Waals surface area contributed by atoms with Crippen molar-refractivity contribution in [2.75, 3.05) is 71.4 Å². The predicted octanol–water partition coefficient (Wildman–Crippen LogP) is 2.41. The van der Waals surface area contributed by atoms with Gasteiger partial charge in [-0.15, -0.1) is 0 Å². The summed E-state index contributed by atoms with van der Waals surface area (Å²) in [5.41, 5.74) is 2.96. The van der Waals surface area contributed by atoms with E-state index in [1.807, 2.05) is 38.4 Å². The number of hydrogen-bond donors (Lipinski definition) is 0. The van der Waals surface area contributed by atoms with E-state index in [4.69, 9.17) is 18.6 Å². The van der Waals surface area contributed by atoms with Crippen molar-refractivity contribution in [3.8, 4) is 17.1 Å². The van der Waals surface area contributed by atoms with Gasteiger partial charge in [-0.05, 0) is 55.0 Å². The number of anilines is 1. The van der Waals surface area contributed by atoms with E-state index in [0.717, 1.165) is 46.7 Å². The van der Waals surface area contributed by atoms with Crippen molar-refractivity contribution in [1.82, 2.24) is 14.7 Å². The molecular formula is C29H32AlFN4O6. The second-order valence-corrected chi connectivity index (χ2v) is 13.6. The van der Waals surface area contributed by atoms with Crippen molar-refractivity contribution in [1.29, 1.82) is 0 Å². The number of fused-ring (bicyclic) bond motifs is 1. The Bertz CT molecular complexity index is 1460. The molecule has 2 atom stereocenters. The first-order valence-corrected chi connectivity index (χ1v) is 15.6. The van der Waals surface area contributed by atoms with E-state index in [0.29, 0.717) is 32.8 Å². The van der Waals surface area contributed by atoms with Crippen LogP contribution >= 0.6 is 0 Å². The Balaban J connectivity index is 0.963. The lowest BCUT2D eigenvalue weighted by atomic mass is 10.1. The van der Waals surface area contributed by atoms with Crippen LogP contribution in [0.3, 0.4) is 0 Å². The second kappa shape index (κ2) is 10.00. The summed E-state index contributed by atoms with van der Waals surface area (Å²) in [5.74, 6) is 0.683. The van der Waals surface area contributed by atoms with Crippen molar-refractivity contribution in [2.24, 2.45) is 0 Å². The first kappa shape index (κ1) is 26.7. The van der Waals surface area contributed by atoms with Crippen LogP contribution in [0, 0.1) is 0 Å². The van der Waals surface area contributed by atoms with Crippen LogP contribution in [0.15, 0.2) is 52.9 Å². The zero-order valence-electron chi connectivity index (χ0n) is 23.2. The molecule has 12 heteroatoms. The summed E-state index contributed by atoms with van der Waals surface area (Å²) in [7, 11) is 4.03. The van der Waals surface area contributed by atoms with E-state index in [9.17, 15) is 9.59 Å². The lowest BCUT2D eigenvalue weighted by Crippen LogP contribution is -2.47. The van der Waals surface area contributed by atoms with Gasteiger partial charge in [0.25, 0.3) is 0 Å². The number of rotatable bonds is 7. The Morgan fingerprint density at radius 2 is 1.59 bits per heavy atom. The number of esters is 2. The molecule has 0 bridgehead atoms. The fourth-order valence-electron chi connectivity index (χ4n) is 6.47. The summed E-state index contributed by atoms with van der Waals surface area (Å²) in [6.45, 7) is 3.63. The zero-order chi connectivity index (χ0) is 28.4. The predicted molar refractivity (Wildman–Crippen MR) is 150 cm³/mol. The molecule has 4 saturated heterocycles. The van der Waals surface area contributed by atoms with Crippen LogP contribution in [0.1, 0.15) is 6.42 Å². The third-order valence-electron chi connectivity index (χ3n) is 8.65. The molecule has 4 aliphatic heterocycles. The highest BCUT2D eigenvalue weighted by atomic mass is 27.2. The smallest absolute Gasteiger partial charge is 0.494 e. The Kier molecular flexibility index (Phi) is 6.52. The number of carbonyl (C=O) groups excluding carboxylic acids is 2. The molecular weight excluding hydrogens is 546 g/mol. The van der Waals surface area contributed by atoms with Crippen molar-refractivity contribution in [3.05, 3.63) is 48.5 Å². The molecule has 1 aromatic heterocycles. The van der Waals surface area contributed by atoms with Crippen molar-refractivity contribution >= 4 is 43.2 Å². The fourth-order valence-corrected chi connectivity index (χ4v) is 9.40. The van der Waals surface area contributed by atoms with E-state index in [1.165, 1.54) is 0 Å². The van der Waals surface area contributed by atoms with Gasteiger partial charge in [-0.1, -0.05) is 0 Å².